The van der Waals surface area contributed by atoms with E-state index in [1.165, 1.54) is 6.07 Å². The number of hydrogen-bond donors (Lipinski definition) is 2. The van der Waals surface area contributed by atoms with Gasteiger partial charge in [0.1, 0.15) is 11.6 Å². The van der Waals surface area contributed by atoms with Crippen LogP contribution in [-0.2, 0) is 20.9 Å². The summed E-state index contributed by atoms with van der Waals surface area (Å²) in [7, 11) is 0. The molecule has 39 heavy (non-hydrogen) atoms. The van der Waals surface area contributed by atoms with Crippen LogP contribution in [0.1, 0.15) is 80.1 Å². The van der Waals surface area contributed by atoms with Crippen LogP contribution in [0.25, 0.3) is 0 Å². The molecular weight excluding hydrogens is 504 g/mol. The van der Waals surface area contributed by atoms with E-state index in [2.05, 4.69) is 15.7 Å². The van der Waals surface area contributed by atoms with E-state index in [9.17, 15) is 24.0 Å². The summed E-state index contributed by atoms with van der Waals surface area (Å²) >= 11 is 0. The van der Waals surface area contributed by atoms with Gasteiger partial charge in [0, 0.05) is 43.5 Å². The maximum atomic E-state index is 13.4. The Morgan fingerprint density at radius 1 is 1.15 bits per heavy atom. The molecule has 206 valence electrons. The first-order valence-corrected chi connectivity index (χ1v) is 13.0. The normalized spacial score (nSPS) is 22.5. The molecule has 3 aliphatic rings. The van der Waals surface area contributed by atoms with Crippen LogP contribution in [0.5, 0.6) is 0 Å². The molecule has 1 atom stereocenters. The highest BCUT2D eigenvalue weighted by Crippen LogP contribution is 2.33. The summed E-state index contributed by atoms with van der Waals surface area (Å²) in [5, 5.41) is 9.74. The summed E-state index contributed by atoms with van der Waals surface area (Å²) in [6, 6.07) is 2.70. The van der Waals surface area contributed by atoms with E-state index < -0.39 is 35.2 Å². The van der Waals surface area contributed by atoms with Crippen molar-refractivity contribution in [1.29, 1.82) is 0 Å². The molecule has 0 saturated carbocycles. The van der Waals surface area contributed by atoms with Gasteiger partial charge in [0.2, 0.25) is 11.8 Å². The number of hydrogen-bond acceptors (Lipinski definition) is 8. The van der Waals surface area contributed by atoms with E-state index >= 15 is 0 Å². The predicted molar refractivity (Wildman–Crippen MR) is 139 cm³/mol. The van der Waals surface area contributed by atoms with Crippen molar-refractivity contribution in [3.05, 3.63) is 47.3 Å². The number of likely N-dealkylation sites (tertiary alicyclic amines) is 1. The molecule has 2 saturated heterocycles. The first-order valence-electron chi connectivity index (χ1n) is 13.5. The molecule has 3 aliphatic heterocycles. The molecule has 4 heterocycles. The standard InChI is InChI=1S/C27H32N6O6/c1-27(2,3)39-26(38)31-11-9-17(10-12-31)32-15-16(14-29-32)13-28-19-6-4-5-18-22(19)25(37)33(24(18)36)20-7-8-21(34)30-23(20)35/h4-6,14-15,17,20,28H,7-13H2,1-3H3,(H,30,34,35)/t20-/m0/s1/i20D. The van der Waals surface area contributed by atoms with Crippen molar-refractivity contribution < 1.29 is 30.1 Å². The van der Waals surface area contributed by atoms with E-state index in [4.69, 9.17) is 6.11 Å². The third kappa shape index (κ3) is 5.36. The molecule has 0 aliphatic carbocycles. The Labute approximate surface area is 227 Å². The third-order valence-electron chi connectivity index (χ3n) is 6.92. The fourth-order valence-corrected chi connectivity index (χ4v) is 5.00. The van der Waals surface area contributed by atoms with Crippen molar-refractivity contribution in [3.8, 4) is 0 Å². The number of aromatic nitrogens is 2. The number of nitrogens with zero attached hydrogens (tertiary/aromatic N) is 4. The summed E-state index contributed by atoms with van der Waals surface area (Å²) in [5.74, 6) is -3.03. The summed E-state index contributed by atoms with van der Waals surface area (Å²) in [6.07, 6.45) is 4.39. The summed E-state index contributed by atoms with van der Waals surface area (Å²) < 4.78 is 15.9. The number of fused-ring (bicyclic) bond motifs is 1. The molecule has 0 spiro atoms. The Morgan fingerprint density at radius 2 is 1.90 bits per heavy atom. The lowest BCUT2D eigenvalue weighted by molar-refractivity contribution is -0.136. The lowest BCUT2D eigenvalue weighted by Crippen LogP contribution is -2.54. The van der Waals surface area contributed by atoms with E-state index in [-0.39, 0.29) is 36.1 Å². The highest BCUT2D eigenvalue weighted by Gasteiger charge is 2.45. The first-order chi connectivity index (χ1) is 18.9. The second kappa shape index (κ2) is 10.2. The van der Waals surface area contributed by atoms with E-state index in [1.807, 2.05) is 31.6 Å². The SMILES string of the molecule is [2H][C@]1(N2C(=O)c3cccc(NCc4cnn(C5CCN(C(=O)OC(C)(C)C)CC5)c4)c3C2=O)CCC(=O)NC1=O. The number of rotatable bonds is 5. The van der Waals surface area contributed by atoms with Crippen molar-refractivity contribution in [2.75, 3.05) is 18.4 Å². The van der Waals surface area contributed by atoms with Gasteiger partial charge in [-0.05, 0) is 52.2 Å². The number of amides is 5. The Morgan fingerprint density at radius 3 is 2.59 bits per heavy atom. The van der Waals surface area contributed by atoms with Crippen LogP contribution in [0.2, 0.25) is 0 Å². The molecule has 0 radical (unpaired) electrons. The smallest absolute Gasteiger partial charge is 0.410 e. The number of imide groups is 2. The van der Waals surface area contributed by atoms with Gasteiger partial charge in [0.05, 0.1) is 24.7 Å². The minimum Gasteiger partial charge on any atom is -0.444 e. The molecule has 1 aromatic carbocycles. The quantitative estimate of drug-likeness (QED) is 0.554. The zero-order chi connectivity index (χ0) is 28.8. The van der Waals surface area contributed by atoms with Gasteiger partial charge in [0.25, 0.3) is 11.8 Å². The van der Waals surface area contributed by atoms with Gasteiger partial charge in [-0.2, -0.15) is 5.10 Å². The van der Waals surface area contributed by atoms with Crippen molar-refractivity contribution in [2.45, 2.75) is 70.7 Å². The van der Waals surface area contributed by atoms with Gasteiger partial charge < -0.3 is 15.0 Å². The van der Waals surface area contributed by atoms with Crippen LogP contribution in [0.4, 0.5) is 10.5 Å². The second-order valence-electron chi connectivity index (χ2n) is 10.9. The molecule has 0 unspecified atom stereocenters. The minimum absolute atomic E-state index is 0.0886. The van der Waals surface area contributed by atoms with Gasteiger partial charge in [-0.25, -0.2) is 4.79 Å². The Bertz CT molecular complexity index is 1390. The lowest BCUT2D eigenvalue weighted by atomic mass is 10.0. The molecule has 12 heteroatoms. The maximum absolute atomic E-state index is 13.4. The zero-order valence-electron chi connectivity index (χ0n) is 23.2. The second-order valence-corrected chi connectivity index (χ2v) is 10.9. The van der Waals surface area contributed by atoms with Crippen LogP contribution < -0.4 is 10.6 Å². The van der Waals surface area contributed by atoms with Crippen molar-refractivity contribution >= 4 is 35.4 Å². The average molecular weight is 538 g/mol. The van der Waals surface area contributed by atoms with E-state index in [1.54, 1.807) is 23.2 Å². The molecule has 1 aromatic heterocycles. The van der Waals surface area contributed by atoms with Gasteiger partial charge in [-0.15, -0.1) is 0 Å². The largest absolute Gasteiger partial charge is 0.444 e. The van der Waals surface area contributed by atoms with Crippen molar-refractivity contribution in [2.24, 2.45) is 0 Å². The average Bonchev–Trinajstić information content (AvgIpc) is 3.47. The van der Waals surface area contributed by atoms with E-state index in [0.717, 1.165) is 18.4 Å². The Hall–Kier alpha value is -4.22. The monoisotopic (exact) mass is 537 g/mol. The molecule has 2 aromatic rings. The zero-order valence-corrected chi connectivity index (χ0v) is 22.2. The molecule has 12 nitrogen and oxygen atoms in total. The van der Waals surface area contributed by atoms with Crippen molar-refractivity contribution in [1.82, 2.24) is 24.9 Å². The van der Waals surface area contributed by atoms with Gasteiger partial charge in [0.15, 0.2) is 0 Å². The molecule has 5 amide bonds. The van der Waals surface area contributed by atoms with Crippen LogP contribution >= 0.6 is 0 Å². The molecular formula is C27H32N6O6. The fraction of sp³-hybridized carbons (Fsp3) is 0.481. The van der Waals surface area contributed by atoms with Crippen LogP contribution in [0.15, 0.2) is 30.6 Å². The molecule has 2 fully saturated rings. The number of ether oxygens (including phenoxy) is 1. The number of piperidine rings is 2. The van der Waals surface area contributed by atoms with Gasteiger partial charge >= 0.3 is 6.09 Å². The third-order valence-corrected chi connectivity index (χ3v) is 6.92. The molecule has 2 N–H and O–H groups in total. The summed E-state index contributed by atoms with van der Waals surface area (Å²) in [4.78, 5) is 65.2. The minimum atomic E-state index is -2.20. The van der Waals surface area contributed by atoms with Crippen LogP contribution in [-0.4, -0.2) is 74.0 Å². The highest BCUT2D eigenvalue weighted by atomic mass is 16.6. The van der Waals surface area contributed by atoms with Crippen molar-refractivity contribution in [3.63, 3.8) is 0 Å². The fourth-order valence-electron chi connectivity index (χ4n) is 5.00. The highest BCUT2D eigenvalue weighted by molar-refractivity contribution is 6.25. The molecule has 0 bridgehead atoms. The topological polar surface area (TPSA) is 143 Å². The first kappa shape index (κ1) is 25.1. The molecule has 5 rings (SSSR count). The Kier molecular flexibility index (Phi) is 6.53. The summed E-state index contributed by atoms with van der Waals surface area (Å²) in [5.41, 5.74) is 0.889. The number of carbonyl (C=O) groups is 5. The predicted octanol–water partition coefficient (Wildman–Crippen LogP) is 2.47. The number of nitrogens with one attached hydrogen (secondary N) is 2. The number of carbonyl (C=O) groups excluding carboxylic acids is 5. The summed E-state index contributed by atoms with van der Waals surface area (Å²) in [6.45, 7) is 6.98. The van der Waals surface area contributed by atoms with Crippen LogP contribution in [0.3, 0.4) is 0 Å². The number of benzene rings is 1. The van der Waals surface area contributed by atoms with E-state index in [0.29, 0.717) is 30.2 Å². The lowest BCUT2D eigenvalue weighted by Gasteiger charge is -2.33. The Balaban J connectivity index is 1.24. The van der Waals surface area contributed by atoms with Crippen LogP contribution in [0, 0.1) is 0 Å². The maximum Gasteiger partial charge on any atom is 0.410 e. The van der Waals surface area contributed by atoms with Gasteiger partial charge in [-0.3, -0.25) is 34.1 Å². The van der Waals surface area contributed by atoms with Gasteiger partial charge in [-0.1, -0.05) is 6.07 Å². The number of anilines is 1.